The molecular weight excluding hydrogens is 227 g/mol. The standard InChI is InChI=1S/C12H15FN2.ClH/c1-8(14)5-11-7-9-6-10(13)3-4-12(9)15(11)2;/h3-4,6-8H,5,14H2,1-2H3;1H. The van der Waals surface area contributed by atoms with Crippen molar-refractivity contribution in [1.82, 2.24) is 4.57 Å². The van der Waals surface area contributed by atoms with Crippen LogP contribution in [-0.4, -0.2) is 10.6 Å². The number of hydrogen-bond donors (Lipinski definition) is 1. The Balaban J connectivity index is 0.00000128. The van der Waals surface area contributed by atoms with Crippen molar-refractivity contribution >= 4 is 23.3 Å². The van der Waals surface area contributed by atoms with Crippen molar-refractivity contribution in [3.8, 4) is 0 Å². The number of aromatic nitrogens is 1. The quantitative estimate of drug-likeness (QED) is 0.863. The highest BCUT2D eigenvalue weighted by Gasteiger charge is 2.07. The topological polar surface area (TPSA) is 30.9 Å². The molecule has 0 saturated carbocycles. The first-order valence-corrected chi connectivity index (χ1v) is 5.07. The first-order valence-electron chi connectivity index (χ1n) is 5.07. The van der Waals surface area contributed by atoms with Crippen LogP contribution in [0.4, 0.5) is 4.39 Å². The Bertz CT molecular complexity index is 491. The van der Waals surface area contributed by atoms with Crippen molar-refractivity contribution in [2.24, 2.45) is 12.8 Å². The van der Waals surface area contributed by atoms with Gasteiger partial charge in [0.15, 0.2) is 0 Å². The Morgan fingerprint density at radius 3 is 2.69 bits per heavy atom. The number of nitrogens with two attached hydrogens (primary N) is 1. The Hall–Kier alpha value is -1.06. The molecule has 2 rings (SSSR count). The minimum atomic E-state index is -0.194. The molecule has 0 radical (unpaired) electrons. The Morgan fingerprint density at radius 1 is 1.38 bits per heavy atom. The van der Waals surface area contributed by atoms with E-state index < -0.39 is 0 Å². The molecule has 1 unspecified atom stereocenters. The smallest absolute Gasteiger partial charge is 0.123 e. The van der Waals surface area contributed by atoms with Gasteiger partial charge >= 0.3 is 0 Å². The van der Waals surface area contributed by atoms with Crippen LogP contribution in [0.25, 0.3) is 10.9 Å². The largest absolute Gasteiger partial charge is 0.348 e. The number of benzene rings is 1. The zero-order valence-electron chi connectivity index (χ0n) is 9.40. The lowest BCUT2D eigenvalue weighted by atomic mass is 10.2. The van der Waals surface area contributed by atoms with Gasteiger partial charge in [-0.15, -0.1) is 12.4 Å². The first kappa shape index (κ1) is 13.0. The highest BCUT2D eigenvalue weighted by Crippen LogP contribution is 2.20. The van der Waals surface area contributed by atoms with Gasteiger partial charge in [0.05, 0.1) is 0 Å². The summed E-state index contributed by atoms with van der Waals surface area (Å²) >= 11 is 0. The fourth-order valence-electron chi connectivity index (χ4n) is 1.90. The van der Waals surface area contributed by atoms with Crippen molar-refractivity contribution in [2.75, 3.05) is 0 Å². The molecular formula is C12H16ClFN2. The Kier molecular flexibility index (Phi) is 3.94. The number of rotatable bonds is 2. The maximum atomic E-state index is 13.0. The van der Waals surface area contributed by atoms with Crippen LogP contribution < -0.4 is 5.73 Å². The third kappa shape index (κ3) is 2.36. The fourth-order valence-corrected chi connectivity index (χ4v) is 1.90. The minimum absolute atomic E-state index is 0. The van der Waals surface area contributed by atoms with Gasteiger partial charge in [-0.25, -0.2) is 4.39 Å². The van der Waals surface area contributed by atoms with Crippen LogP contribution in [-0.2, 0) is 13.5 Å². The molecule has 2 N–H and O–H groups in total. The van der Waals surface area contributed by atoms with E-state index in [1.165, 1.54) is 6.07 Å². The van der Waals surface area contributed by atoms with E-state index in [-0.39, 0.29) is 24.3 Å². The zero-order valence-corrected chi connectivity index (χ0v) is 10.2. The molecule has 0 fully saturated rings. The second-order valence-corrected chi connectivity index (χ2v) is 4.08. The number of fused-ring (bicyclic) bond motifs is 1. The summed E-state index contributed by atoms with van der Waals surface area (Å²) in [7, 11) is 1.98. The van der Waals surface area contributed by atoms with E-state index in [2.05, 4.69) is 4.57 Å². The number of aryl methyl sites for hydroxylation is 1. The van der Waals surface area contributed by atoms with E-state index >= 15 is 0 Å². The van der Waals surface area contributed by atoms with Crippen molar-refractivity contribution < 1.29 is 4.39 Å². The summed E-state index contributed by atoms with van der Waals surface area (Å²) in [4.78, 5) is 0. The predicted molar refractivity (Wildman–Crippen MR) is 67.5 cm³/mol. The first-order chi connectivity index (χ1) is 7.08. The average Bonchev–Trinajstić information content (AvgIpc) is 2.42. The van der Waals surface area contributed by atoms with Crippen LogP contribution in [0.1, 0.15) is 12.6 Å². The average molecular weight is 243 g/mol. The lowest BCUT2D eigenvalue weighted by Gasteiger charge is -2.06. The molecule has 1 heterocycles. The summed E-state index contributed by atoms with van der Waals surface area (Å²) in [5.41, 5.74) is 7.95. The Labute approximate surface area is 101 Å². The van der Waals surface area contributed by atoms with E-state index in [1.807, 2.05) is 20.0 Å². The number of nitrogens with zero attached hydrogens (tertiary/aromatic N) is 1. The van der Waals surface area contributed by atoms with Crippen molar-refractivity contribution in [2.45, 2.75) is 19.4 Å². The molecule has 0 aliphatic carbocycles. The molecule has 0 spiro atoms. The minimum Gasteiger partial charge on any atom is -0.348 e. The second kappa shape index (κ2) is 4.85. The molecule has 16 heavy (non-hydrogen) atoms. The van der Waals surface area contributed by atoms with E-state index in [0.29, 0.717) is 0 Å². The number of hydrogen-bond acceptors (Lipinski definition) is 1. The van der Waals surface area contributed by atoms with Gasteiger partial charge in [0, 0.05) is 36.1 Å². The summed E-state index contributed by atoms with van der Waals surface area (Å²) in [5, 5.41) is 0.938. The molecule has 0 saturated heterocycles. The molecule has 0 aliphatic heterocycles. The summed E-state index contributed by atoms with van der Waals surface area (Å²) in [5.74, 6) is -0.194. The SMILES string of the molecule is CC(N)Cc1cc2cc(F)ccc2n1C.Cl. The second-order valence-electron chi connectivity index (χ2n) is 4.08. The highest BCUT2D eigenvalue weighted by atomic mass is 35.5. The summed E-state index contributed by atoms with van der Waals surface area (Å²) < 4.78 is 15.1. The molecule has 1 aromatic carbocycles. The van der Waals surface area contributed by atoms with Crippen LogP contribution in [0.5, 0.6) is 0 Å². The van der Waals surface area contributed by atoms with E-state index in [1.54, 1.807) is 12.1 Å². The van der Waals surface area contributed by atoms with Gasteiger partial charge in [-0.1, -0.05) is 0 Å². The normalized spacial score (nSPS) is 12.5. The van der Waals surface area contributed by atoms with Gasteiger partial charge in [-0.3, -0.25) is 0 Å². The van der Waals surface area contributed by atoms with Gasteiger partial charge in [-0.05, 0) is 31.2 Å². The van der Waals surface area contributed by atoms with Crippen LogP contribution in [0.2, 0.25) is 0 Å². The number of halogens is 2. The lowest BCUT2D eigenvalue weighted by molar-refractivity contribution is 0.629. The van der Waals surface area contributed by atoms with Crippen molar-refractivity contribution in [3.05, 3.63) is 35.8 Å². The maximum Gasteiger partial charge on any atom is 0.123 e. The van der Waals surface area contributed by atoms with E-state index in [0.717, 1.165) is 23.0 Å². The summed E-state index contributed by atoms with van der Waals surface area (Å²) in [6, 6.07) is 6.97. The van der Waals surface area contributed by atoms with Gasteiger partial charge in [0.25, 0.3) is 0 Å². The predicted octanol–water partition coefficient (Wildman–Crippen LogP) is 2.63. The molecule has 1 aromatic heterocycles. The van der Waals surface area contributed by atoms with Crippen LogP contribution in [0.3, 0.4) is 0 Å². The molecule has 88 valence electrons. The molecule has 2 aromatic rings. The van der Waals surface area contributed by atoms with Gasteiger partial charge in [0.2, 0.25) is 0 Å². The molecule has 1 atom stereocenters. The molecule has 0 aliphatic rings. The van der Waals surface area contributed by atoms with E-state index in [9.17, 15) is 4.39 Å². The third-order valence-electron chi connectivity index (χ3n) is 2.63. The molecule has 2 nitrogen and oxygen atoms in total. The molecule has 4 heteroatoms. The van der Waals surface area contributed by atoms with E-state index in [4.69, 9.17) is 5.73 Å². The van der Waals surface area contributed by atoms with Crippen LogP contribution >= 0.6 is 12.4 Å². The van der Waals surface area contributed by atoms with Crippen molar-refractivity contribution in [3.63, 3.8) is 0 Å². The van der Waals surface area contributed by atoms with Crippen LogP contribution in [0.15, 0.2) is 24.3 Å². The molecule has 0 bridgehead atoms. The Morgan fingerprint density at radius 2 is 2.06 bits per heavy atom. The summed E-state index contributed by atoms with van der Waals surface area (Å²) in [6.07, 6.45) is 0.812. The lowest BCUT2D eigenvalue weighted by Crippen LogP contribution is -2.19. The monoisotopic (exact) mass is 242 g/mol. The van der Waals surface area contributed by atoms with Gasteiger partial charge in [0.1, 0.15) is 5.82 Å². The third-order valence-corrected chi connectivity index (χ3v) is 2.63. The highest BCUT2D eigenvalue weighted by molar-refractivity contribution is 5.85. The van der Waals surface area contributed by atoms with Crippen LogP contribution in [0, 0.1) is 5.82 Å². The summed E-state index contributed by atoms with van der Waals surface area (Å²) in [6.45, 7) is 1.97. The fraction of sp³-hybridized carbons (Fsp3) is 0.333. The van der Waals surface area contributed by atoms with Gasteiger partial charge < -0.3 is 10.3 Å². The maximum absolute atomic E-state index is 13.0. The molecule has 0 amide bonds. The van der Waals surface area contributed by atoms with Gasteiger partial charge in [-0.2, -0.15) is 0 Å². The zero-order chi connectivity index (χ0) is 11.0. The van der Waals surface area contributed by atoms with Crippen molar-refractivity contribution in [1.29, 1.82) is 0 Å².